The third-order valence-electron chi connectivity index (χ3n) is 4.89. The van der Waals surface area contributed by atoms with E-state index in [0.717, 1.165) is 45.3 Å². The Labute approximate surface area is 170 Å². The number of hydrogen-bond donors (Lipinski definition) is 1. The second kappa shape index (κ2) is 7.98. The molecule has 0 fully saturated rings. The molecule has 4 rings (SSSR count). The van der Waals surface area contributed by atoms with E-state index >= 15 is 0 Å². The maximum atomic E-state index is 12.9. The molecule has 0 bridgehead atoms. The number of rotatable bonds is 4. The molecule has 0 aliphatic heterocycles. The topological polar surface area (TPSA) is 55.0 Å². The lowest BCUT2D eigenvalue weighted by Crippen LogP contribution is -2.10. The Kier molecular flexibility index (Phi) is 5.45. The predicted molar refractivity (Wildman–Crippen MR) is 115 cm³/mol. The standard InChI is InChI=1S/C21H21BrN2O2S/c1-2-11-26-16-10-9-13(12-15(16)22)19-23-20(25)18-14-7-5-3-4-6-8-17(14)27-21(18)24-19/h2,9-10,12H,1,3-8,11H2,(H,23,24,25). The fourth-order valence-electron chi connectivity index (χ4n) is 3.57. The number of ether oxygens (including phenoxy) is 1. The maximum absolute atomic E-state index is 12.9. The number of hydrogen-bond acceptors (Lipinski definition) is 4. The van der Waals surface area contributed by atoms with Gasteiger partial charge in [-0.15, -0.1) is 11.3 Å². The van der Waals surface area contributed by atoms with E-state index in [1.807, 2.05) is 18.2 Å². The van der Waals surface area contributed by atoms with Gasteiger partial charge in [-0.1, -0.05) is 25.5 Å². The van der Waals surface area contributed by atoms with Crippen LogP contribution in [-0.2, 0) is 12.8 Å². The molecule has 27 heavy (non-hydrogen) atoms. The zero-order valence-electron chi connectivity index (χ0n) is 15.0. The number of halogens is 1. The molecule has 4 nitrogen and oxygen atoms in total. The van der Waals surface area contributed by atoms with Crippen LogP contribution in [0, 0.1) is 0 Å². The molecular formula is C21H21BrN2O2S. The van der Waals surface area contributed by atoms with Gasteiger partial charge in [0.05, 0.1) is 9.86 Å². The molecule has 0 saturated carbocycles. The first-order valence-corrected chi connectivity index (χ1v) is 10.9. The minimum Gasteiger partial charge on any atom is -0.488 e. The van der Waals surface area contributed by atoms with Gasteiger partial charge in [-0.25, -0.2) is 4.98 Å². The summed E-state index contributed by atoms with van der Waals surface area (Å²) >= 11 is 5.22. The van der Waals surface area contributed by atoms with E-state index in [9.17, 15) is 4.79 Å². The lowest BCUT2D eigenvalue weighted by molar-refractivity contribution is 0.361. The predicted octanol–water partition coefficient (Wildman–Crippen LogP) is 5.64. The molecule has 140 valence electrons. The van der Waals surface area contributed by atoms with Crippen molar-refractivity contribution in [3.8, 4) is 17.1 Å². The zero-order chi connectivity index (χ0) is 18.8. The van der Waals surface area contributed by atoms with Gasteiger partial charge >= 0.3 is 0 Å². The SMILES string of the molecule is C=CCOc1ccc(-c2nc3sc4c(c3c(=O)[nH]2)CCCCCC4)cc1Br. The van der Waals surface area contributed by atoms with Crippen molar-refractivity contribution in [2.24, 2.45) is 0 Å². The van der Waals surface area contributed by atoms with Gasteiger partial charge in [-0.2, -0.15) is 0 Å². The van der Waals surface area contributed by atoms with E-state index in [1.165, 1.54) is 29.7 Å². The summed E-state index contributed by atoms with van der Waals surface area (Å²) < 4.78 is 6.42. The molecule has 1 aliphatic carbocycles. The lowest BCUT2D eigenvalue weighted by atomic mass is 9.98. The molecular weight excluding hydrogens is 424 g/mol. The van der Waals surface area contributed by atoms with E-state index in [1.54, 1.807) is 17.4 Å². The Bertz CT molecular complexity index is 1050. The summed E-state index contributed by atoms with van der Waals surface area (Å²) in [6, 6.07) is 5.71. The number of thiophene rings is 1. The third-order valence-corrected chi connectivity index (χ3v) is 6.69. The number of aromatic nitrogens is 2. The third kappa shape index (κ3) is 3.73. The Morgan fingerprint density at radius 2 is 2.07 bits per heavy atom. The minimum atomic E-state index is -0.0313. The lowest BCUT2D eigenvalue weighted by Gasteiger charge is -2.09. The number of H-pyrrole nitrogens is 1. The summed E-state index contributed by atoms with van der Waals surface area (Å²) in [5.41, 5.74) is 2.05. The highest BCUT2D eigenvalue weighted by Gasteiger charge is 2.19. The van der Waals surface area contributed by atoms with E-state index in [-0.39, 0.29) is 5.56 Å². The first-order chi connectivity index (χ1) is 13.2. The van der Waals surface area contributed by atoms with Crippen LogP contribution in [0.2, 0.25) is 0 Å². The molecule has 3 aromatic rings. The monoisotopic (exact) mass is 444 g/mol. The maximum Gasteiger partial charge on any atom is 0.260 e. The fraction of sp³-hybridized carbons (Fsp3) is 0.333. The molecule has 2 aromatic heterocycles. The molecule has 1 aliphatic rings. The smallest absolute Gasteiger partial charge is 0.260 e. The van der Waals surface area contributed by atoms with Crippen molar-refractivity contribution >= 4 is 37.5 Å². The van der Waals surface area contributed by atoms with Crippen LogP contribution in [0.15, 0.2) is 40.1 Å². The number of aromatic amines is 1. The van der Waals surface area contributed by atoms with Crippen LogP contribution in [0.25, 0.3) is 21.6 Å². The van der Waals surface area contributed by atoms with E-state index in [0.29, 0.717) is 12.4 Å². The minimum absolute atomic E-state index is 0.0313. The van der Waals surface area contributed by atoms with Crippen molar-refractivity contribution < 1.29 is 4.74 Å². The number of fused-ring (bicyclic) bond motifs is 3. The molecule has 0 unspecified atom stereocenters. The van der Waals surface area contributed by atoms with Crippen LogP contribution in [0.4, 0.5) is 0 Å². The highest BCUT2D eigenvalue weighted by Crippen LogP contribution is 2.34. The van der Waals surface area contributed by atoms with Crippen molar-refractivity contribution in [2.75, 3.05) is 6.61 Å². The molecule has 6 heteroatoms. The van der Waals surface area contributed by atoms with Crippen molar-refractivity contribution in [3.63, 3.8) is 0 Å². The van der Waals surface area contributed by atoms with Crippen LogP contribution in [0.3, 0.4) is 0 Å². The summed E-state index contributed by atoms with van der Waals surface area (Å²) in [7, 11) is 0. The van der Waals surface area contributed by atoms with Crippen LogP contribution in [0.1, 0.15) is 36.1 Å². The normalized spacial score (nSPS) is 14.4. The van der Waals surface area contributed by atoms with Crippen molar-refractivity contribution in [1.29, 1.82) is 0 Å². The van der Waals surface area contributed by atoms with E-state index in [2.05, 4.69) is 27.5 Å². The Morgan fingerprint density at radius 1 is 1.26 bits per heavy atom. The quantitative estimate of drug-likeness (QED) is 0.529. The van der Waals surface area contributed by atoms with Crippen LogP contribution in [0.5, 0.6) is 5.75 Å². The summed E-state index contributed by atoms with van der Waals surface area (Å²) in [4.78, 5) is 22.8. The van der Waals surface area contributed by atoms with Gasteiger partial charge in [0.15, 0.2) is 0 Å². The number of benzene rings is 1. The number of nitrogens with one attached hydrogen (secondary N) is 1. The van der Waals surface area contributed by atoms with Gasteiger partial charge in [-0.05, 0) is 65.4 Å². The largest absolute Gasteiger partial charge is 0.488 e. The van der Waals surface area contributed by atoms with Gasteiger partial charge in [0, 0.05) is 10.4 Å². The fourth-order valence-corrected chi connectivity index (χ4v) is 5.32. The van der Waals surface area contributed by atoms with Gasteiger partial charge in [0.2, 0.25) is 0 Å². The molecule has 0 saturated heterocycles. The van der Waals surface area contributed by atoms with E-state index < -0.39 is 0 Å². The second-order valence-corrected chi connectivity index (χ2v) is 8.70. The second-order valence-electron chi connectivity index (χ2n) is 6.76. The van der Waals surface area contributed by atoms with Crippen LogP contribution >= 0.6 is 27.3 Å². The van der Waals surface area contributed by atoms with Crippen LogP contribution < -0.4 is 10.3 Å². The molecule has 0 spiro atoms. The molecule has 2 heterocycles. The average Bonchev–Trinajstić information content (AvgIpc) is 2.97. The molecule has 1 aromatic carbocycles. The molecule has 1 N–H and O–H groups in total. The van der Waals surface area contributed by atoms with Gasteiger partial charge < -0.3 is 9.72 Å². The molecule has 0 radical (unpaired) electrons. The Hall–Kier alpha value is -1.92. The van der Waals surface area contributed by atoms with Crippen molar-refractivity contribution in [2.45, 2.75) is 38.5 Å². The molecule has 0 amide bonds. The zero-order valence-corrected chi connectivity index (χ0v) is 17.4. The highest BCUT2D eigenvalue weighted by atomic mass is 79.9. The number of nitrogens with zero attached hydrogens (tertiary/aromatic N) is 1. The molecule has 0 atom stereocenters. The number of aryl methyl sites for hydroxylation is 2. The summed E-state index contributed by atoms with van der Waals surface area (Å²) in [5, 5.41) is 0.797. The van der Waals surface area contributed by atoms with Crippen LogP contribution in [-0.4, -0.2) is 16.6 Å². The summed E-state index contributed by atoms with van der Waals surface area (Å²) in [6.45, 7) is 4.10. The Balaban J connectivity index is 1.76. The van der Waals surface area contributed by atoms with Crippen molar-refractivity contribution in [1.82, 2.24) is 9.97 Å². The van der Waals surface area contributed by atoms with Crippen molar-refractivity contribution in [3.05, 3.63) is 56.1 Å². The summed E-state index contributed by atoms with van der Waals surface area (Å²) in [6.07, 6.45) is 8.62. The van der Waals surface area contributed by atoms with E-state index in [4.69, 9.17) is 9.72 Å². The summed E-state index contributed by atoms with van der Waals surface area (Å²) in [5.74, 6) is 1.33. The van der Waals surface area contributed by atoms with Gasteiger partial charge in [0.1, 0.15) is 23.0 Å². The average molecular weight is 445 g/mol. The van der Waals surface area contributed by atoms with Gasteiger partial charge in [0.25, 0.3) is 5.56 Å². The first-order valence-electron chi connectivity index (χ1n) is 9.25. The highest BCUT2D eigenvalue weighted by molar-refractivity contribution is 9.10. The van der Waals surface area contributed by atoms with Gasteiger partial charge in [-0.3, -0.25) is 4.79 Å². The Morgan fingerprint density at radius 3 is 2.85 bits per heavy atom. The first kappa shape index (κ1) is 18.4.